The van der Waals surface area contributed by atoms with Crippen LogP contribution in [0.15, 0.2) is 48.5 Å². The van der Waals surface area contributed by atoms with E-state index in [1.165, 1.54) is 0 Å². The van der Waals surface area contributed by atoms with Gasteiger partial charge in [-0.15, -0.1) is 0 Å². The first-order valence-electron chi connectivity index (χ1n) is 10.4. The van der Waals surface area contributed by atoms with Gasteiger partial charge in [0.2, 0.25) is 5.91 Å². The number of hydrogen-bond donors (Lipinski definition) is 2. The summed E-state index contributed by atoms with van der Waals surface area (Å²) in [6.45, 7) is 5.14. The number of nitrogens with one attached hydrogen (secondary N) is 2. The summed E-state index contributed by atoms with van der Waals surface area (Å²) in [6, 6.07) is 13.4. The third kappa shape index (κ3) is 4.66. The molecule has 0 unspecified atom stereocenters. The number of carbonyl (C=O) groups is 4. The highest BCUT2D eigenvalue weighted by Gasteiger charge is 2.49. The van der Waals surface area contributed by atoms with Crippen molar-refractivity contribution >= 4 is 29.3 Å². The summed E-state index contributed by atoms with van der Waals surface area (Å²) in [6.07, 6.45) is 2.32. The number of nitrogens with zero attached hydrogens (tertiary/aromatic N) is 1. The van der Waals surface area contributed by atoms with Gasteiger partial charge in [-0.05, 0) is 48.7 Å². The minimum absolute atomic E-state index is 0.125. The predicted molar refractivity (Wildman–Crippen MR) is 118 cm³/mol. The highest BCUT2D eigenvalue weighted by molar-refractivity contribution is 6.11. The number of imide groups is 1. The van der Waals surface area contributed by atoms with E-state index in [-0.39, 0.29) is 18.2 Å². The number of ketones is 1. The Hall–Kier alpha value is -3.48. The molecule has 4 amide bonds. The molecule has 0 bridgehead atoms. The first kappa shape index (κ1) is 22.2. The molecule has 0 aliphatic carbocycles. The lowest BCUT2D eigenvalue weighted by molar-refractivity contribution is -0.130. The van der Waals surface area contributed by atoms with E-state index in [0.29, 0.717) is 23.2 Å². The van der Waals surface area contributed by atoms with Crippen LogP contribution in [0.25, 0.3) is 0 Å². The Balaban J connectivity index is 1.72. The fraction of sp³-hybridized carbons (Fsp3) is 0.333. The molecule has 0 radical (unpaired) electrons. The number of urea groups is 1. The van der Waals surface area contributed by atoms with Gasteiger partial charge in [-0.3, -0.25) is 19.3 Å². The van der Waals surface area contributed by atoms with Gasteiger partial charge in [0.1, 0.15) is 5.54 Å². The van der Waals surface area contributed by atoms with E-state index in [2.05, 4.69) is 17.6 Å². The van der Waals surface area contributed by atoms with Crippen molar-refractivity contribution in [2.75, 3.05) is 11.9 Å². The zero-order valence-corrected chi connectivity index (χ0v) is 18.0. The highest BCUT2D eigenvalue weighted by Crippen LogP contribution is 2.29. The molecular formula is C24H27N3O4. The molecule has 162 valence electrons. The lowest BCUT2D eigenvalue weighted by Gasteiger charge is -2.22. The minimum Gasteiger partial charge on any atom is -0.326 e. The molecule has 1 saturated heterocycles. The van der Waals surface area contributed by atoms with Crippen LogP contribution in [0.2, 0.25) is 0 Å². The molecule has 7 nitrogen and oxygen atoms in total. The summed E-state index contributed by atoms with van der Waals surface area (Å²) < 4.78 is 0. The third-order valence-electron chi connectivity index (χ3n) is 5.46. The van der Waals surface area contributed by atoms with E-state index < -0.39 is 17.5 Å². The van der Waals surface area contributed by atoms with Crippen molar-refractivity contribution in [3.05, 3.63) is 65.2 Å². The van der Waals surface area contributed by atoms with E-state index in [9.17, 15) is 19.2 Å². The fourth-order valence-corrected chi connectivity index (χ4v) is 3.55. The van der Waals surface area contributed by atoms with Crippen LogP contribution in [-0.2, 0) is 21.5 Å². The Labute approximate surface area is 181 Å². The molecule has 7 heteroatoms. The molecule has 31 heavy (non-hydrogen) atoms. The largest absolute Gasteiger partial charge is 0.326 e. The van der Waals surface area contributed by atoms with E-state index in [1.807, 2.05) is 24.3 Å². The maximum absolute atomic E-state index is 13.1. The zero-order valence-electron chi connectivity index (χ0n) is 18.0. The van der Waals surface area contributed by atoms with Crippen LogP contribution in [0.5, 0.6) is 0 Å². The standard InChI is InChI=1S/C24H27N3O4/c1-4-6-16-7-11-18(12-8-16)24(3)22(30)27(23(31)26-24)15-20(28)17-9-13-19(14-10-17)25-21(29)5-2/h7-14H,4-6,15H2,1-3H3,(H,25,29)(H,26,31)/t24-/m1/s1. The van der Waals surface area contributed by atoms with Gasteiger partial charge >= 0.3 is 6.03 Å². The average molecular weight is 421 g/mol. The van der Waals surface area contributed by atoms with Gasteiger partial charge < -0.3 is 10.6 Å². The maximum atomic E-state index is 13.1. The summed E-state index contributed by atoms with van der Waals surface area (Å²) in [5.41, 5.74) is 1.56. The van der Waals surface area contributed by atoms with Crippen molar-refractivity contribution in [1.29, 1.82) is 0 Å². The number of carbonyl (C=O) groups excluding carboxylic acids is 4. The Kier molecular flexibility index (Phi) is 6.53. The second-order valence-electron chi connectivity index (χ2n) is 7.80. The second kappa shape index (κ2) is 9.12. The molecular weight excluding hydrogens is 394 g/mol. The molecule has 2 aromatic rings. The van der Waals surface area contributed by atoms with Gasteiger partial charge in [-0.2, -0.15) is 0 Å². The van der Waals surface area contributed by atoms with Crippen molar-refractivity contribution in [1.82, 2.24) is 10.2 Å². The van der Waals surface area contributed by atoms with Crippen molar-refractivity contribution in [2.45, 2.75) is 45.6 Å². The van der Waals surface area contributed by atoms with Gasteiger partial charge in [-0.1, -0.05) is 44.5 Å². The van der Waals surface area contributed by atoms with Gasteiger partial charge in [0.25, 0.3) is 5.91 Å². The quantitative estimate of drug-likeness (QED) is 0.502. The van der Waals surface area contributed by atoms with Crippen LogP contribution in [0, 0.1) is 0 Å². The van der Waals surface area contributed by atoms with Gasteiger partial charge in [0.15, 0.2) is 5.78 Å². The molecule has 2 N–H and O–H groups in total. The fourth-order valence-electron chi connectivity index (χ4n) is 3.55. The molecule has 3 rings (SSSR count). The summed E-state index contributed by atoms with van der Waals surface area (Å²) in [5.74, 6) is -0.944. The lowest BCUT2D eigenvalue weighted by Crippen LogP contribution is -2.41. The Morgan fingerprint density at radius 2 is 1.65 bits per heavy atom. The van der Waals surface area contributed by atoms with Crippen LogP contribution in [0.3, 0.4) is 0 Å². The lowest BCUT2D eigenvalue weighted by atomic mass is 9.91. The van der Waals surface area contributed by atoms with Crippen LogP contribution in [0.4, 0.5) is 10.5 Å². The van der Waals surface area contributed by atoms with Gasteiger partial charge in [0.05, 0.1) is 6.54 Å². The van der Waals surface area contributed by atoms with Crippen LogP contribution in [-0.4, -0.2) is 35.1 Å². The Morgan fingerprint density at radius 1 is 1.00 bits per heavy atom. The van der Waals surface area contributed by atoms with E-state index in [4.69, 9.17) is 0 Å². The number of anilines is 1. The van der Waals surface area contributed by atoms with Crippen molar-refractivity contribution in [3.63, 3.8) is 0 Å². The minimum atomic E-state index is -1.21. The molecule has 0 aromatic heterocycles. The molecule has 1 heterocycles. The summed E-state index contributed by atoms with van der Waals surface area (Å²) >= 11 is 0. The summed E-state index contributed by atoms with van der Waals surface area (Å²) in [7, 11) is 0. The first-order valence-corrected chi connectivity index (χ1v) is 10.4. The van der Waals surface area contributed by atoms with Crippen molar-refractivity contribution < 1.29 is 19.2 Å². The van der Waals surface area contributed by atoms with Crippen molar-refractivity contribution in [3.8, 4) is 0 Å². The molecule has 0 saturated carbocycles. The number of amides is 4. The summed E-state index contributed by atoms with van der Waals surface area (Å²) in [5, 5.41) is 5.44. The molecule has 1 atom stereocenters. The van der Waals surface area contributed by atoms with E-state index in [1.54, 1.807) is 38.1 Å². The van der Waals surface area contributed by atoms with Crippen molar-refractivity contribution in [2.24, 2.45) is 0 Å². The second-order valence-corrected chi connectivity index (χ2v) is 7.80. The molecule has 2 aromatic carbocycles. The SMILES string of the molecule is CCCc1ccc([C@@]2(C)NC(=O)N(CC(=O)c3ccc(NC(=O)CC)cc3)C2=O)cc1. The Morgan fingerprint density at radius 3 is 2.23 bits per heavy atom. The van der Waals surface area contributed by atoms with E-state index in [0.717, 1.165) is 23.3 Å². The highest BCUT2D eigenvalue weighted by atomic mass is 16.2. The number of Topliss-reactive ketones (excluding diaryl/α,β-unsaturated/α-hetero) is 1. The smallest absolute Gasteiger partial charge is 0.325 e. The molecule has 1 aliphatic heterocycles. The molecule has 0 spiro atoms. The van der Waals surface area contributed by atoms with Crippen LogP contribution >= 0.6 is 0 Å². The topological polar surface area (TPSA) is 95.6 Å². The average Bonchev–Trinajstić information content (AvgIpc) is 2.98. The number of rotatable bonds is 8. The van der Waals surface area contributed by atoms with E-state index >= 15 is 0 Å². The van der Waals surface area contributed by atoms with Crippen LogP contribution in [0.1, 0.15) is 55.1 Å². The monoisotopic (exact) mass is 421 g/mol. The zero-order chi connectivity index (χ0) is 22.6. The van der Waals surface area contributed by atoms with Gasteiger partial charge in [-0.25, -0.2) is 4.79 Å². The number of aryl methyl sites for hydroxylation is 1. The summed E-state index contributed by atoms with van der Waals surface area (Å²) in [4.78, 5) is 50.7. The van der Waals surface area contributed by atoms with Crippen LogP contribution < -0.4 is 10.6 Å². The maximum Gasteiger partial charge on any atom is 0.325 e. The first-order chi connectivity index (χ1) is 14.8. The Bertz CT molecular complexity index is 998. The normalized spacial score (nSPS) is 18.1. The number of benzene rings is 2. The predicted octanol–water partition coefficient (Wildman–Crippen LogP) is 3.64. The molecule has 1 fully saturated rings. The molecule has 1 aliphatic rings. The van der Waals surface area contributed by atoms with Gasteiger partial charge in [0, 0.05) is 17.7 Å². The third-order valence-corrected chi connectivity index (χ3v) is 5.46. The number of hydrogen-bond acceptors (Lipinski definition) is 4.